The van der Waals surface area contributed by atoms with E-state index in [4.69, 9.17) is 9.47 Å². The summed E-state index contributed by atoms with van der Waals surface area (Å²) in [4.78, 5) is 0. The third-order valence-corrected chi connectivity index (χ3v) is 11.6. The summed E-state index contributed by atoms with van der Waals surface area (Å²) < 4.78 is 13.4. The van der Waals surface area contributed by atoms with E-state index in [1.807, 2.05) is 0 Å². The fourth-order valence-electron chi connectivity index (χ4n) is 9.13. The van der Waals surface area contributed by atoms with Crippen LogP contribution in [0, 0.1) is 22.2 Å². The van der Waals surface area contributed by atoms with E-state index in [-0.39, 0.29) is 40.7 Å². The predicted molar refractivity (Wildman–Crippen MR) is 136 cm³/mol. The summed E-state index contributed by atoms with van der Waals surface area (Å²) in [6.07, 6.45) is 11.5. The standard InChI is InChI=1S/C30H50O4/c1-26(2)22(31)12-15-28(5)18-19-8-10-21-29(6,20(19)9-11-24(28)33-26)17-14-25-30(21,7)16-13-23(32)27(3,4)34-25/h21-25,31-32H,8-18H2,1-7H3/t21-,22+,23+,24+,25+,28+,29-,30+/m0/s1. The maximum absolute atomic E-state index is 10.8. The van der Waals surface area contributed by atoms with Crippen molar-refractivity contribution in [3.8, 4) is 0 Å². The van der Waals surface area contributed by atoms with Gasteiger partial charge in [-0.3, -0.25) is 0 Å². The lowest BCUT2D eigenvalue weighted by molar-refractivity contribution is -0.186. The number of ether oxygens (including phenoxy) is 2. The van der Waals surface area contributed by atoms with Crippen LogP contribution in [0.4, 0.5) is 0 Å². The van der Waals surface area contributed by atoms with E-state index < -0.39 is 11.2 Å². The first-order valence-electron chi connectivity index (χ1n) is 14.1. The van der Waals surface area contributed by atoms with E-state index in [0.717, 1.165) is 51.4 Å². The van der Waals surface area contributed by atoms with Gasteiger partial charge in [0.15, 0.2) is 0 Å². The molecule has 5 rings (SSSR count). The first-order valence-corrected chi connectivity index (χ1v) is 14.1. The number of fused-ring (bicyclic) bond motifs is 5. The monoisotopic (exact) mass is 474 g/mol. The van der Waals surface area contributed by atoms with Gasteiger partial charge in [-0.2, -0.15) is 0 Å². The number of rotatable bonds is 0. The Hall–Kier alpha value is -0.420. The van der Waals surface area contributed by atoms with Crippen LogP contribution in [-0.2, 0) is 9.47 Å². The van der Waals surface area contributed by atoms with Crippen molar-refractivity contribution < 1.29 is 19.7 Å². The highest BCUT2D eigenvalue weighted by molar-refractivity contribution is 5.32. The molecule has 0 aromatic carbocycles. The molecule has 2 heterocycles. The van der Waals surface area contributed by atoms with Gasteiger partial charge in [-0.25, -0.2) is 0 Å². The molecule has 2 aliphatic heterocycles. The molecule has 0 radical (unpaired) electrons. The average Bonchev–Trinajstić information content (AvgIpc) is 2.98. The molecule has 1 saturated carbocycles. The highest BCUT2D eigenvalue weighted by Gasteiger charge is 2.60. The number of aliphatic hydroxyl groups excluding tert-OH is 2. The zero-order valence-corrected chi connectivity index (χ0v) is 22.9. The Labute approximate surface area is 207 Å². The molecule has 3 aliphatic carbocycles. The molecule has 4 nitrogen and oxygen atoms in total. The summed E-state index contributed by atoms with van der Waals surface area (Å²) in [6, 6.07) is 0. The number of allylic oxidation sites excluding steroid dienone is 2. The van der Waals surface area contributed by atoms with Gasteiger partial charge in [-0.05, 0) is 120 Å². The van der Waals surface area contributed by atoms with Gasteiger partial charge >= 0.3 is 0 Å². The molecule has 3 fully saturated rings. The second kappa shape index (κ2) is 8.04. The van der Waals surface area contributed by atoms with E-state index in [2.05, 4.69) is 48.5 Å². The van der Waals surface area contributed by atoms with E-state index in [1.54, 1.807) is 11.1 Å². The summed E-state index contributed by atoms with van der Waals surface area (Å²) >= 11 is 0. The summed E-state index contributed by atoms with van der Waals surface area (Å²) in [5.74, 6) is 0.605. The molecule has 194 valence electrons. The Morgan fingerprint density at radius 2 is 1.29 bits per heavy atom. The van der Waals surface area contributed by atoms with Crippen molar-refractivity contribution in [2.75, 3.05) is 0 Å². The van der Waals surface area contributed by atoms with Gasteiger partial charge < -0.3 is 19.7 Å². The largest absolute Gasteiger partial charge is 0.390 e. The van der Waals surface area contributed by atoms with Crippen molar-refractivity contribution in [3.63, 3.8) is 0 Å². The van der Waals surface area contributed by atoms with Crippen molar-refractivity contribution in [2.24, 2.45) is 22.2 Å². The van der Waals surface area contributed by atoms with Crippen molar-refractivity contribution in [2.45, 2.75) is 155 Å². The second-order valence-corrected chi connectivity index (χ2v) is 14.5. The van der Waals surface area contributed by atoms with Crippen LogP contribution < -0.4 is 0 Å². The zero-order valence-electron chi connectivity index (χ0n) is 22.9. The van der Waals surface area contributed by atoms with E-state index >= 15 is 0 Å². The van der Waals surface area contributed by atoms with Crippen molar-refractivity contribution >= 4 is 0 Å². The minimum atomic E-state index is -0.476. The molecule has 34 heavy (non-hydrogen) atoms. The lowest BCUT2D eigenvalue weighted by atomic mass is 9.47. The van der Waals surface area contributed by atoms with Gasteiger partial charge in [0.25, 0.3) is 0 Å². The SMILES string of the molecule is CC1(C)O[C@@H]2CCC3=C(CC[C@@H]4[C@@]5(C)CC[C@@H](O)C(C)(C)O[C@@H]5CC[C@@]34C)C[C@@]2(C)CC[C@H]1O. The molecule has 5 aliphatic rings. The topological polar surface area (TPSA) is 58.9 Å². The molecule has 0 aromatic rings. The van der Waals surface area contributed by atoms with Crippen LogP contribution in [0.25, 0.3) is 0 Å². The van der Waals surface area contributed by atoms with Crippen LogP contribution in [0.1, 0.15) is 119 Å². The molecular formula is C30H50O4. The van der Waals surface area contributed by atoms with Crippen LogP contribution in [0.2, 0.25) is 0 Å². The predicted octanol–water partition coefficient (Wildman–Crippen LogP) is 6.33. The molecule has 2 saturated heterocycles. The summed E-state index contributed by atoms with van der Waals surface area (Å²) in [5.41, 5.74) is 2.95. The fourth-order valence-corrected chi connectivity index (χ4v) is 9.13. The molecule has 0 spiro atoms. The summed E-state index contributed by atoms with van der Waals surface area (Å²) in [5, 5.41) is 21.6. The Morgan fingerprint density at radius 1 is 0.676 bits per heavy atom. The highest BCUT2D eigenvalue weighted by atomic mass is 16.5. The third kappa shape index (κ3) is 3.76. The molecule has 8 atom stereocenters. The van der Waals surface area contributed by atoms with Crippen molar-refractivity contribution in [1.29, 1.82) is 0 Å². The normalized spacial score (nSPS) is 50.6. The highest BCUT2D eigenvalue weighted by Crippen LogP contribution is 2.65. The molecule has 4 heteroatoms. The minimum absolute atomic E-state index is 0.107. The molecule has 0 bridgehead atoms. The van der Waals surface area contributed by atoms with E-state index in [0.29, 0.717) is 5.92 Å². The average molecular weight is 475 g/mol. The first-order chi connectivity index (χ1) is 15.7. The molecule has 2 N–H and O–H groups in total. The maximum Gasteiger partial charge on any atom is 0.0888 e. The van der Waals surface area contributed by atoms with E-state index in [1.165, 1.54) is 19.3 Å². The smallest absolute Gasteiger partial charge is 0.0888 e. The van der Waals surface area contributed by atoms with Crippen LogP contribution in [0.5, 0.6) is 0 Å². The Balaban J connectivity index is 1.47. The quantitative estimate of drug-likeness (QED) is 0.403. The summed E-state index contributed by atoms with van der Waals surface area (Å²) in [6.45, 7) is 15.8. The molecule has 0 aromatic heterocycles. The number of hydrogen-bond donors (Lipinski definition) is 2. The molecule has 0 unspecified atom stereocenters. The molecular weight excluding hydrogens is 424 g/mol. The van der Waals surface area contributed by atoms with Crippen molar-refractivity contribution in [1.82, 2.24) is 0 Å². The maximum atomic E-state index is 10.8. The van der Waals surface area contributed by atoms with Gasteiger partial charge in [-0.15, -0.1) is 0 Å². The fraction of sp³-hybridized carbons (Fsp3) is 0.933. The zero-order chi connectivity index (χ0) is 24.7. The van der Waals surface area contributed by atoms with Crippen LogP contribution >= 0.6 is 0 Å². The first kappa shape index (κ1) is 25.2. The Kier molecular flexibility index (Phi) is 5.97. The lowest BCUT2D eigenvalue weighted by Gasteiger charge is -2.59. The minimum Gasteiger partial charge on any atom is -0.390 e. The van der Waals surface area contributed by atoms with Crippen LogP contribution in [0.3, 0.4) is 0 Å². The van der Waals surface area contributed by atoms with Gasteiger partial charge in [0, 0.05) is 0 Å². The number of hydrogen-bond acceptors (Lipinski definition) is 4. The Bertz CT molecular complexity index is 845. The van der Waals surface area contributed by atoms with Crippen LogP contribution in [-0.4, -0.2) is 45.8 Å². The van der Waals surface area contributed by atoms with Gasteiger partial charge in [0.1, 0.15) is 0 Å². The van der Waals surface area contributed by atoms with Crippen LogP contribution in [0.15, 0.2) is 11.1 Å². The Morgan fingerprint density at radius 3 is 1.97 bits per heavy atom. The number of aliphatic hydroxyl groups is 2. The van der Waals surface area contributed by atoms with Gasteiger partial charge in [0.05, 0.1) is 35.6 Å². The molecule has 0 amide bonds. The van der Waals surface area contributed by atoms with E-state index in [9.17, 15) is 10.2 Å². The lowest BCUT2D eigenvalue weighted by Crippen LogP contribution is -2.55. The summed E-state index contributed by atoms with van der Waals surface area (Å²) in [7, 11) is 0. The third-order valence-electron chi connectivity index (χ3n) is 11.6. The van der Waals surface area contributed by atoms with Crippen molar-refractivity contribution in [3.05, 3.63) is 11.1 Å². The van der Waals surface area contributed by atoms with Gasteiger partial charge in [-0.1, -0.05) is 31.9 Å². The van der Waals surface area contributed by atoms with Gasteiger partial charge in [0.2, 0.25) is 0 Å². The second-order valence-electron chi connectivity index (χ2n) is 14.5.